The summed E-state index contributed by atoms with van der Waals surface area (Å²) in [5, 5.41) is 3.51. The van der Waals surface area contributed by atoms with Crippen molar-refractivity contribution in [3.63, 3.8) is 0 Å². The molecule has 0 spiro atoms. The number of hydrogen-bond acceptors (Lipinski definition) is 5. The molecule has 1 aromatic carbocycles. The fourth-order valence-corrected chi connectivity index (χ4v) is 2.22. The molecule has 5 heteroatoms. The van der Waals surface area contributed by atoms with E-state index in [2.05, 4.69) is 5.32 Å². The highest BCUT2D eigenvalue weighted by molar-refractivity contribution is 5.51. The van der Waals surface area contributed by atoms with Crippen molar-refractivity contribution < 1.29 is 18.9 Å². The molecule has 1 aromatic rings. The molecule has 0 radical (unpaired) electrons. The number of nitrogens with one attached hydrogen (secondary N) is 1. The third-order valence-corrected chi connectivity index (χ3v) is 3.51. The lowest BCUT2D eigenvalue weighted by Crippen LogP contribution is -2.17. The van der Waals surface area contributed by atoms with Crippen molar-refractivity contribution in [2.45, 2.75) is 45.4 Å². The molecule has 0 aromatic heterocycles. The molecule has 1 aliphatic carbocycles. The first-order valence-corrected chi connectivity index (χ1v) is 7.62. The number of fused-ring (bicyclic) bond motifs is 1. The molecule has 0 atom stereocenters. The van der Waals surface area contributed by atoms with Gasteiger partial charge in [0.05, 0.1) is 12.7 Å². The standard InChI is InChI=1S/C16H23NO4/c1-11(2)18-5-6-19-14-8-16-15(20-10-21-16)7-12(14)9-17-13-3-4-13/h7-8,11,13,17H,3-6,9-10H2,1-2H3. The number of ether oxygens (including phenoxy) is 4. The van der Waals surface area contributed by atoms with Crippen LogP contribution in [0, 0.1) is 0 Å². The van der Waals surface area contributed by atoms with E-state index in [1.807, 2.05) is 26.0 Å². The van der Waals surface area contributed by atoms with E-state index in [1.54, 1.807) is 0 Å². The van der Waals surface area contributed by atoms with E-state index in [0.29, 0.717) is 19.3 Å². The van der Waals surface area contributed by atoms with Gasteiger partial charge in [-0.25, -0.2) is 0 Å². The minimum absolute atomic E-state index is 0.223. The monoisotopic (exact) mass is 293 g/mol. The van der Waals surface area contributed by atoms with Crippen molar-refractivity contribution in [3.8, 4) is 17.2 Å². The van der Waals surface area contributed by atoms with Gasteiger partial charge in [-0.05, 0) is 32.8 Å². The largest absolute Gasteiger partial charge is 0.491 e. The Hall–Kier alpha value is -1.46. The topological polar surface area (TPSA) is 49.0 Å². The highest BCUT2D eigenvalue weighted by atomic mass is 16.7. The fraction of sp³-hybridized carbons (Fsp3) is 0.625. The summed E-state index contributed by atoms with van der Waals surface area (Å²) >= 11 is 0. The molecule has 116 valence electrons. The molecule has 1 fully saturated rings. The Balaban J connectivity index is 1.63. The van der Waals surface area contributed by atoms with Gasteiger partial charge in [-0.15, -0.1) is 0 Å². The van der Waals surface area contributed by atoms with Crippen molar-refractivity contribution >= 4 is 0 Å². The second-order valence-electron chi connectivity index (χ2n) is 5.74. The maximum atomic E-state index is 5.86. The lowest BCUT2D eigenvalue weighted by atomic mass is 10.1. The van der Waals surface area contributed by atoms with Crippen molar-refractivity contribution in [3.05, 3.63) is 17.7 Å². The van der Waals surface area contributed by atoms with Crippen molar-refractivity contribution in [1.82, 2.24) is 5.32 Å². The average Bonchev–Trinajstić information content (AvgIpc) is 3.18. The van der Waals surface area contributed by atoms with Crippen LogP contribution in [0.1, 0.15) is 32.3 Å². The smallest absolute Gasteiger partial charge is 0.231 e. The normalized spacial score (nSPS) is 16.5. The zero-order valence-corrected chi connectivity index (χ0v) is 12.7. The second kappa shape index (κ2) is 6.54. The Bertz CT molecular complexity index is 485. The van der Waals surface area contributed by atoms with Gasteiger partial charge < -0.3 is 24.3 Å². The summed E-state index contributed by atoms with van der Waals surface area (Å²) in [6, 6.07) is 4.59. The Morgan fingerprint density at radius 2 is 1.95 bits per heavy atom. The lowest BCUT2D eigenvalue weighted by molar-refractivity contribution is 0.0550. The van der Waals surface area contributed by atoms with E-state index in [0.717, 1.165) is 29.4 Å². The molecule has 21 heavy (non-hydrogen) atoms. The summed E-state index contributed by atoms with van der Waals surface area (Å²) in [5.41, 5.74) is 1.11. The minimum Gasteiger partial charge on any atom is -0.491 e. The van der Waals surface area contributed by atoms with Crippen LogP contribution in [-0.4, -0.2) is 32.2 Å². The molecule has 1 heterocycles. The van der Waals surface area contributed by atoms with E-state index in [9.17, 15) is 0 Å². The third kappa shape index (κ3) is 4.02. The van der Waals surface area contributed by atoms with Crippen LogP contribution in [0.4, 0.5) is 0 Å². The van der Waals surface area contributed by atoms with E-state index in [1.165, 1.54) is 12.8 Å². The summed E-state index contributed by atoms with van der Waals surface area (Å²) in [6.07, 6.45) is 2.76. The van der Waals surface area contributed by atoms with Gasteiger partial charge in [0.2, 0.25) is 6.79 Å². The van der Waals surface area contributed by atoms with E-state index in [-0.39, 0.29) is 12.9 Å². The Kier molecular flexibility index (Phi) is 4.51. The Morgan fingerprint density at radius 3 is 2.67 bits per heavy atom. The van der Waals surface area contributed by atoms with Crippen LogP contribution in [0.2, 0.25) is 0 Å². The van der Waals surface area contributed by atoms with Crippen LogP contribution in [0.25, 0.3) is 0 Å². The van der Waals surface area contributed by atoms with Gasteiger partial charge in [-0.1, -0.05) is 0 Å². The van der Waals surface area contributed by atoms with E-state index < -0.39 is 0 Å². The first-order chi connectivity index (χ1) is 10.2. The predicted octanol–water partition coefficient (Wildman–Crippen LogP) is 2.47. The average molecular weight is 293 g/mol. The molecule has 5 nitrogen and oxygen atoms in total. The van der Waals surface area contributed by atoms with Gasteiger partial charge in [0, 0.05) is 24.2 Å². The highest BCUT2D eigenvalue weighted by Gasteiger charge is 2.22. The van der Waals surface area contributed by atoms with Crippen LogP contribution in [0.5, 0.6) is 17.2 Å². The summed E-state index contributed by atoms with van der Waals surface area (Å²) < 4.78 is 22.2. The van der Waals surface area contributed by atoms with Gasteiger partial charge in [0.15, 0.2) is 11.5 Å². The van der Waals surface area contributed by atoms with Gasteiger partial charge in [-0.3, -0.25) is 0 Å². The van der Waals surface area contributed by atoms with Crippen LogP contribution in [0.3, 0.4) is 0 Å². The minimum atomic E-state index is 0.223. The molecule has 0 saturated heterocycles. The Labute approximate surface area is 125 Å². The quantitative estimate of drug-likeness (QED) is 0.746. The zero-order chi connectivity index (χ0) is 14.7. The molecular weight excluding hydrogens is 270 g/mol. The lowest BCUT2D eigenvalue weighted by Gasteiger charge is -2.14. The predicted molar refractivity (Wildman–Crippen MR) is 79.0 cm³/mol. The molecule has 3 rings (SSSR count). The molecule has 2 aliphatic rings. The van der Waals surface area contributed by atoms with Crippen LogP contribution in [0.15, 0.2) is 12.1 Å². The molecular formula is C16H23NO4. The van der Waals surface area contributed by atoms with Gasteiger partial charge in [0.25, 0.3) is 0 Å². The number of benzene rings is 1. The summed E-state index contributed by atoms with van der Waals surface area (Å²) in [5.74, 6) is 2.40. The first kappa shape index (κ1) is 14.5. The van der Waals surface area contributed by atoms with Gasteiger partial charge in [0.1, 0.15) is 12.4 Å². The molecule has 1 aliphatic heterocycles. The first-order valence-electron chi connectivity index (χ1n) is 7.62. The maximum Gasteiger partial charge on any atom is 0.231 e. The number of hydrogen-bond donors (Lipinski definition) is 1. The fourth-order valence-electron chi connectivity index (χ4n) is 2.22. The molecule has 1 N–H and O–H groups in total. The van der Waals surface area contributed by atoms with Crippen molar-refractivity contribution in [1.29, 1.82) is 0 Å². The zero-order valence-electron chi connectivity index (χ0n) is 12.7. The van der Waals surface area contributed by atoms with Crippen molar-refractivity contribution in [2.75, 3.05) is 20.0 Å². The van der Waals surface area contributed by atoms with Crippen LogP contribution >= 0.6 is 0 Å². The van der Waals surface area contributed by atoms with E-state index in [4.69, 9.17) is 18.9 Å². The summed E-state index contributed by atoms with van der Waals surface area (Å²) in [7, 11) is 0. The van der Waals surface area contributed by atoms with Crippen LogP contribution in [-0.2, 0) is 11.3 Å². The van der Waals surface area contributed by atoms with E-state index >= 15 is 0 Å². The summed E-state index contributed by atoms with van der Waals surface area (Å²) in [6.45, 7) is 6.24. The summed E-state index contributed by atoms with van der Waals surface area (Å²) in [4.78, 5) is 0. The highest BCUT2D eigenvalue weighted by Crippen LogP contribution is 2.38. The SMILES string of the molecule is CC(C)OCCOc1cc2c(cc1CNC1CC1)OCO2. The third-order valence-electron chi connectivity index (χ3n) is 3.51. The number of rotatable bonds is 8. The Morgan fingerprint density at radius 1 is 1.19 bits per heavy atom. The van der Waals surface area contributed by atoms with Gasteiger partial charge >= 0.3 is 0 Å². The molecule has 0 bridgehead atoms. The van der Waals surface area contributed by atoms with Crippen molar-refractivity contribution in [2.24, 2.45) is 0 Å². The molecule has 0 amide bonds. The van der Waals surface area contributed by atoms with Crippen LogP contribution < -0.4 is 19.5 Å². The molecule has 0 unspecified atom stereocenters. The maximum absolute atomic E-state index is 5.86. The second-order valence-corrected chi connectivity index (χ2v) is 5.74. The van der Waals surface area contributed by atoms with Gasteiger partial charge in [-0.2, -0.15) is 0 Å². The molecule has 1 saturated carbocycles.